The van der Waals surface area contributed by atoms with Crippen molar-refractivity contribution in [2.24, 2.45) is 5.10 Å². The van der Waals surface area contributed by atoms with E-state index in [1.54, 1.807) is 19.1 Å². The van der Waals surface area contributed by atoms with E-state index in [1.807, 2.05) is 37.3 Å². The number of thiazole rings is 1. The molecular formula is C19H18N4O3S2. The molecule has 9 heteroatoms. The highest BCUT2D eigenvalue weighted by molar-refractivity contribution is 7.93. The van der Waals surface area contributed by atoms with Gasteiger partial charge < -0.3 is 0 Å². The molecule has 0 aliphatic heterocycles. The zero-order valence-electron chi connectivity index (χ0n) is 15.2. The number of carbonyl (C=O) groups is 1. The lowest BCUT2D eigenvalue weighted by Gasteiger charge is -2.05. The van der Waals surface area contributed by atoms with Gasteiger partial charge in [0.1, 0.15) is 4.88 Å². The van der Waals surface area contributed by atoms with Crippen molar-refractivity contribution >= 4 is 38.6 Å². The Morgan fingerprint density at radius 2 is 1.75 bits per heavy atom. The van der Waals surface area contributed by atoms with Crippen LogP contribution < -0.4 is 10.1 Å². The Balaban J connectivity index is 1.71. The van der Waals surface area contributed by atoms with Gasteiger partial charge in [0.2, 0.25) is 0 Å². The topological polar surface area (TPSA) is 101 Å². The van der Waals surface area contributed by atoms with E-state index in [-0.39, 0.29) is 14.9 Å². The second-order valence-corrected chi connectivity index (χ2v) is 8.64. The zero-order chi connectivity index (χ0) is 20.1. The number of rotatable bonds is 6. The number of amides is 1. The molecule has 1 aromatic heterocycles. The maximum atomic E-state index is 12.5. The summed E-state index contributed by atoms with van der Waals surface area (Å²) < 4.78 is 27.3. The lowest BCUT2D eigenvalue weighted by Crippen LogP contribution is -2.17. The molecule has 3 aromatic rings. The van der Waals surface area contributed by atoms with Crippen LogP contribution in [0, 0.1) is 13.8 Å². The highest BCUT2D eigenvalue weighted by Gasteiger charge is 2.20. The minimum absolute atomic E-state index is 0.121. The van der Waals surface area contributed by atoms with Gasteiger partial charge in [-0.3, -0.25) is 9.52 Å². The molecule has 0 unspecified atom stereocenters. The first kappa shape index (κ1) is 19.7. The molecule has 0 saturated carbocycles. The largest absolute Gasteiger partial charge is 0.283 e. The van der Waals surface area contributed by atoms with Crippen LogP contribution in [0.15, 0.2) is 64.6 Å². The second-order valence-electron chi connectivity index (χ2n) is 5.96. The Bertz CT molecular complexity index is 1110. The molecule has 0 aliphatic rings. The molecule has 0 aliphatic carbocycles. The van der Waals surface area contributed by atoms with E-state index in [9.17, 15) is 13.2 Å². The molecule has 0 atom stereocenters. The number of sulfonamides is 1. The van der Waals surface area contributed by atoms with Crippen molar-refractivity contribution in [2.75, 3.05) is 4.72 Å². The maximum absolute atomic E-state index is 12.5. The zero-order valence-corrected chi connectivity index (χ0v) is 16.8. The van der Waals surface area contributed by atoms with Crippen LogP contribution in [0.2, 0.25) is 0 Å². The van der Waals surface area contributed by atoms with E-state index < -0.39 is 15.9 Å². The molecule has 0 fully saturated rings. The molecule has 3 rings (SSSR count). The summed E-state index contributed by atoms with van der Waals surface area (Å²) in [4.78, 5) is 16.9. The van der Waals surface area contributed by atoms with Crippen LogP contribution >= 0.6 is 11.3 Å². The highest BCUT2D eigenvalue weighted by atomic mass is 32.2. The number of carbonyl (C=O) groups excluding carboxylic acids is 1. The summed E-state index contributed by atoms with van der Waals surface area (Å²) in [7, 11) is -3.78. The van der Waals surface area contributed by atoms with E-state index in [0.29, 0.717) is 5.69 Å². The summed E-state index contributed by atoms with van der Waals surface area (Å²) in [5.74, 6) is -0.456. The van der Waals surface area contributed by atoms with Crippen LogP contribution in [-0.4, -0.2) is 25.5 Å². The van der Waals surface area contributed by atoms with Gasteiger partial charge in [0.05, 0.1) is 16.8 Å². The van der Waals surface area contributed by atoms with Crippen LogP contribution in [0.4, 0.5) is 5.13 Å². The Morgan fingerprint density at radius 1 is 1.07 bits per heavy atom. The fraction of sp³-hybridized carbons (Fsp3) is 0.105. The van der Waals surface area contributed by atoms with Crippen LogP contribution in [0.3, 0.4) is 0 Å². The smallest absolute Gasteiger partial charge is 0.266 e. The highest BCUT2D eigenvalue weighted by Crippen LogP contribution is 2.25. The number of hydrogen-bond donors (Lipinski definition) is 2. The lowest BCUT2D eigenvalue weighted by atomic mass is 10.2. The van der Waals surface area contributed by atoms with Gasteiger partial charge in [0, 0.05) is 0 Å². The molecule has 0 radical (unpaired) electrons. The lowest BCUT2D eigenvalue weighted by molar-refractivity contribution is 0.0958. The molecule has 1 amide bonds. The Hall–Kier alpha value is -3.04. The molecule has 0 bridgehead atoms. The Kier molecular flexibility index (Phi) is 5.86. The number of nitrogens with one attached hydrogen (secondary N) is 2. The number of hydrazone groups is 1. The normalized spacial score (nSPS) is 11.5. The number of aryl methyl sites for hydroxylation is 2. The van der Waals surface area contributed by atoms with Gasteiger partial charge in [-0.25, -0.2) is 18.8 Å². The van der Waals surface area contributed by atoms with Gasteiger partial charge in [-0.1, -0.05) is 59.4 Å². The molecule has 2 aromatic carbocycles. The van der Waals surface area contributed by atoms with Gasteiger partial charge in [-0.15, -0.1) is 0 Å². The van der Waals surface area contributed by atoms with Crippen molar-refractivity contribution < 1.29 is 13.2 Å². The monoisotopic (exact) mass is 414 g/mol. The van der Waals surface area contributed by atoms with E-state index >= 15 is 0 Å². The predicted molar refractivity (Wildman–Crippen MR) is 110 cm³/mol. The summed E-state index contributed by atoms with van der Waals surface area (Å²) in [5.41, 5.74) is 4.64. The molecule has 7 nitrogen and oxygen atoms in total. The first-order valence-electron chi connectivity index (χ1n) is 8.30. The number of aromatic nitrogens is 1. The molecular weight excluding hydrogens is 396 g/mol. The average molecular weight is 415 g/mol. The van der Waals surface area contributed by atoms with Crippen LogP contribution in [-0.2, 0) is 10.0 Å². The van der Waals surface area contributed by atoms with Crippen molar-refractivity contribution in [3.63, 3.8) is 0 Å². The van der Waals surface area contributed by atoms with E-state index in [1.165, 1.54) is 18.3 Å². The summed E-state index contributed by atoms with van der Waals surface area (Å²) in [6.45, 7) is 3.51. The number of benzene rings is 2. The van der Waals surface area contributed by atoms with Crippen LogP contribution in [0.5, 0.6) is 0 Å². The third-order valence-corrected chi connectivity index (χ3v) is 6.29. The minimum atomic E-state index is -3.78. The second kappa shape index (κ2) is 8.32. The maximum Gasteiger partial charge on any atom is 0.283 e. The quantitative estimate of drug-likeness (QED) is 0.477. The van der Waals surface area contributed by atoms with E-state index in [2.05, 4.69) is 20.2 Å². The summed E-state index contributed by atoms with van der Waals surface area (Å²) >= 11 is 0.951. The Morgan fingerprint density at radius 3 is 2.43 bits per heavy atom. The SMILES string of the molecule is Cc1ccc(S(=O)(=O)Nc2nc(C)c(C(=O)N/N=C\c3ccccc3)s2)cc1. The molecule has 28 heavy (non-hydrogen) atoms. The van der Waals surface area contributed by atoms with Gasteiger partial charge in [0.15, 0.2) is 5.13 Å². The van der Waals surface area contributed by atoms with Crippen LogP contribution in [0.25, 0.3) is 0 Å². The van der Waals surface area contributed by atoms with E-state index in [0.717, 1.165) is 22.5 Å². The number of hydrogen-bond acceptors (Lipinski definition) is 6. The average Bonchev–Trinajstić information content (AvgIpc) is 3.02. The Labute approximate surface area is 167 Å². The van der Waals surface area contributed by atoms with Gasteiger partial charge in [0.25, 0.3) is 15.9 Å². The summed E-state index contributed by atoms with van der Waals surface area (Å²) in [6.07, 6.45) is 1.52. The van der Waals surface area contributed by atoms with Crippen molar-refractivity contribution in [1.29, 1.82) is 0 Å². The molecule has 2 N–H and O–H groups in total. The molecule has 0 spiro atoms. The number of nitrogens with zero attached hydrogens (tertiary/aromatic N) is 2. The fourth-order valence-corrected chi connectivity index (χ4v) is 4.39. The van der Waals surface area contributed by atoms with E-state index in [4.69, 9.17) is 0 Å². The van der Waals surface area contributed by atoms with Crippen molar-refractivity contribution in [1.82, 2.24) is 10.4 Å². The first-order chi connectivity index (χ1) is 13.3. The van der Waals surface area contributed by atoms with Gasteiger partial charge >= 0.3 is 0 Å². The summed E-state index contributed by atoms with van der Waals surface area (Å²) in [6, 6.07) is 15.8. The van der Waals surface area contributed by atoms with Gasteiger partial charge in [-0.2, -0.15) is 5.10 Å². The van der Waals surface area contributed by atoms with Crippen LogP contribution in [0.1, 0.15) is 26.5 Å². The molecule has 0 saturated heterocycles. The first-order valence-corrected chi connectivity index (χ1v) is 10.6. The summed E-state index contributed by atoms with van der Waals surface area (Å²) in [5, 5.41) is 4.03. The number of anilines is 1. The molecule has 1 heterocycles. The van der Waals surface area contributed by atoms with Crippen molar-refractivity contribution in [3.8, 4) is 0 Å². The molecule has 144 valence electrons. The van der Waals surface area contributed by atoms with Gasteiger partial charge in [-0.05, 0) is 31.5 Å². The standard InChI is InChI=1S/C19H18N4O3S2/c1-13-8-10-16(11-9-13)28(25,26)23-19-21-14(2)17(27-19)18(24)22-20-12-15-6-4-3-5-7-15/h3-12H,1-2H3,(H,21,23)(H,22,24)/b20-12-. The third-order valence-electron chi connectivity index (χ3n) is 3.74. The fourth-order valence-electron chi connectivity index (χ4n) is 2.30. The van der Waals surface area contributed by atoms with Crippen molar-refractivity contribution in [3.05, 3.63) is 76.3 Å². The minimum Gasteiger partial charge on any atom is -0.266 e. The van der Waals surface area contributed by atoms with Crippen molar-refractivity contribution in [2.45, 2.75) is 18.7 Å². The predicted octanol–water partition coefficient (Wildman–Crippen LogP) is 3.32. The third kappa shape index (κ3) is 4.81.